The quantitative estimate of drug-likeness (QED) is 0.687. The minimum atomic E-state index is -0.259. The Balaban J connectivity index is 0.00000156. The second-order valence-electron chi connectivity index (χ2n) is 10.5. The molecule has 2 heteroatoms. The molecule has 2 saturated carbocycles. The summed E-state index contributed by atoms with van der Waals surface area (Å²) in [6, 6.07) is 0. The molecule has 6 aliphatic carbocycles. The molecule has 0 heterocycles. The summed E-state index contributed by atoms with van der Waals surface area (Å²) in [5.41, 5.74) is 4.85. The van der Waals surface area contributed by atoms with Gasteiger partial charge in [-0.3, -0.25) is 0 Å². The second kappa shape index (κ2) is 5.32. The molecule has 0 spiro atoms. The zero-order valence-electron chi connectivity index (χ0n) is 16.7. The fourth-order valence-electron chi connectivity index (χ4n) is 7.15. The van der Waals surface area contributed by atoms with Crippen LogP contribution in [0.3, 0.4) is 0 Å². The smallest absolute Gasteiger partial charge is 0.231 e. The first-order valence-electron chi connectivity index (χ1n) is 9.84. The molecule has 6 aliphatic rings. The van der Waals surface area contributed by atoms with E-state index < -0.39 is 0 Å². The van der Waals surface area contributed by atoms with Gasteiger partial charge in [0, 0.05) is 6.71 Å². The third-order valence-electron chi connectivity index (χ3n) is 9.27. The van der Waals surface area contributed by atoms with Crippen LogP contribution in [-0.4, -0.2) is 6.71 Å². The van der Waals surface area contributed by atoms with Crippen LogP contribution in [0.4, 0.5) is 0 Å². The Morgan fingerprint density at radius 2 is 1.17 bits per heavy atom. The second-order valence-corrected chi connectivity index (χ2v) is 10.5. The summed E-state index contributed by atoms with van der Waals surface area (Å²) in [6.07, 6.45) is 8.36. The number of hydrogen-bond acceptors (Lipinski definition) is 0. The Hall–Kier alpha value is 0.142. The summed E-state index contributed by atoms with van der Waals surface area (Å²) in [5.74, 6) is 5.26. The molecule has 0 N–H and O–H groups in total. The molecule has 0 amide bonds. The summed E-state index contributed by atoms with van der Waals surface area (Å²) in [5, 5.41) is 0. The van der Waals surface area contributed by atoms with Crippen molar-refractivity contribution in [1.29, 1.82) is 0 Å². The molecule has 6 rings (SSSR count). The topological polar surface area (TPSA) is 0 Å². The molecule has 0 aromatic carbocycles. The normalized spacial score (nSPS) is 46.4. The van der Waals surface area contributed by atoms with Gasteiger partial charge in [0.1, 0.15) is 0 Å². The van der Waals surface area contributed by atoms with Crippen LogP contribution in [0.1, 0.15) is 54.4 Å². The first kappa shape index (κ1) is 17.9. The van der Waals surface area contributed by atoms with Crippen LogP contribution in [0.15, 0.2) is 23.1 Å². The zero-order valence-corrected chi connectivity index (χ0v) is 16.7. The molecule has 0 aromatic heterocycles. The van der Waals surface area contributed by atoms with E-state index in [0.29, 0.717) is 10.8 Å². The number of rotatable bonds is 2. The maximum absolute atomic E-state index is 2.73. The molecular formula is C21H34BLi. The van der Waals surface area contributed by atoms with Gasteiger partial charge in [0.25, 0.3) is 0 Å². The first-order chi connectivity index (χ1) is 10.2. The van der Waals surface area contributed by atoms with E-state index in [1.807, 2.05) is 10.9 Å². The Morgan fingerprint density at radius 3 is 1.43 bits per heavy atom. The van der Waals surface area contributed by atoms with Gasteiger partial charge in [-0.2, -0.15) is 6.82 Å². The predicted octanol–water partition coefficient (Wildman–Crippen LogP) is 2.40. The first-order valence-corrected chi connectivity index (χ1v) is 9.84. The third kappa shape index (κ3) is 2.18. The summed E-state index contributed by atoms with van der Waals surface area (Å²) in [7, 11) is 0. The molecule has 0 aliphatic heterocycles. The third-order valence-corrected chi connectivity index (χ3v) is 9.27. The summed E-state index contributed by atoms with van der Waals surface area (Å²) in [4.78, 5) is 0. The van der Waals surface area contributed by atoms with Crippen molar-refractivity contribution in [2.45, 2.75) is 61.2 Å². The Labute approximate surface area is 156 Å². The van der Waals surface area contributed by atoms with E-state index in [9.17, 15) is 0 Å². The van der Waals surface area contributed by atoms with E-state index in [4.69, 9.17) is 0 Å². The van der Waals surface area contributed by atoms with Crippen molar-refractivity contribution < 1.29 is 18.9 Å². The fraction of sp³-hybridized carbons (Fsp3) is 0.810. The van der Waals surface area contributed by atoms with E-state index in [-0.39, 0.29) is 25.6 Å². The average molecular weight is 304 g/mol. The summed E-state index contributed by atoms with van der Waals surface area (Å²) >= 11 is 0. The van der Waals surface area contributed by atoms with Gasteiger partial charge < -0.3 is 0 Å². The van der Waals surface area contributed by atoms with Crippen LogP contribution in [0.25, 0.3) is 0 Å². The summed E-state index contributed by atoms with van der Waals surface area (Å²) in [6.45, 7) is 17.4. The van der Waals surface area contributed by atoms with E-state index >= 15 is 0 Å². The molecule has 4 bridgehead atoms. The largest absolute Gasteiger partial charge is 1.00 e. The molecule has 23 heavy (non-hydrogen) atoms. The van der Waals surface area contributed by atoms with Crippen LogP contribution >= 0.6 is 0 Å². The zero-order chi connectivity index (χ0) is 16.0. The maximum atomic E-state index is 2.73. The molecule has 6 atom stereocenters. The van der Waals surface area contributed by atoms with Crippen LogP contribution < -0.4 is 18.9 Å². The van der Waals surface area contributed by atoms with Gasteiger partial charge in [-0.05, 0) is 47.3 Å². The van der Waals surface area contributed by atoms with Crippen molar-refractivity contribution in [2.24, 2.45) is 46.3 Å². The Bertz CT molecular complexity index is 520. The molecule has 6 unspecified atom stereocenters. The molecule has 0 aromatic rings. The minimum absolute atomic E-state index is 0. The fourth-order valence-corrected chi connectivity index (χ4v) is 7.15. The monoisotopic (exact) mass is 304 g/mol. The molecule has 0 saturated heterocycles. The Kier molecular flexibility index (Phi) is 4.15. The molecular weight excluding hydrogens is 270 g/mol. The molecule has 0 radical (unpaired) electrons. The van der Waals surface area contributed by atoms with Gasteiger partial charge in [-0.25, -0.2) is 10.9 Å². The molecule has 122 valence electrons. The van der Waals surface area contributed by atoms with Gasteiger partial charge in [0.15, 0.2) is 0 Å². The molecule has 2 fully saturated rings. The van der Waals surface area contributed by atoms with Gasteiger partial charge in [-0.1, -0.05) is 53.4 Å². The standard InChI is InChI=1S/C21H34B.Li/c1-12-16-8-14(20(16,3)4)10-18(12)22(7)19-11-15-9-17(13(19)2)21(15,5)6;/h10-17,22H,8-9H2,1-7H3;/q-1;+1. The van der Waals surface area contributed by atoms with Crippen LogP contribution in [-0.2, 0) is 0 Å². The number of allylic oxidation sites excluding steroid dienone is 4. The van der Waals surface area contributed by atoms with Crippen molar-refractivity contribution in [3.63, 3.8) is 0 Å². The van der Waals surface area contributed by atoms with Crippen molar-refractivity contribution in [3.8, 4) is 0 Å². The van der Waals surface area contributed by atoms with Crippen molar-refractivity contribution in [3.05, 3.63) is 23.1 Å². The van der Waals surface area contributed by atoms with Gasteiger partial charge in [-0.15, -0.1) is 12.2 Å². The number of hydrogen-bond donors (Lipinski definition) is 0. The summed E-state index contributed by atoms with van der Waals surface area (Å²) < 4.78 is 0. The Morgan fingerprint density at radius 1 is 0.826 bits per heavy atom. The number of fused-ring (bicyclic) bond motifs is 2. The van der Waals surface area contributed by atoms with Crippen molar-refractivity contribution in [1.82, 2.24) is 0 Å². The molecule has 0 nitrogen and oxygen atoms in total. The van der Waals surface area contributed by atoms with Crippen LogP contribution in [0.2, 0.25) is 6.82 Å². The van der Waals surface area contributed by atoms with Gasteiger partial charge in [0.2, 0.25) is 0 Å². The maximum Gasteiger partial charge on any atom is 1.00 e. The minimum Gasteiger partial charge on any atom is -0.231 e. The van der Waals surface area contributed by atoms with Crippen LogP contribution in [0.5, 0.6) is 0 Å². The predicted molar refractivity (Wildman–Crippen MR) is 98.3 cm³/mol. The average Bonchev–Trinajstić information content (AvgIpc) is 2.45. The van der Waals surface area contributed by atoms with Gasteiger partial charge in [0.05, 0.1) is 0 Å². The van der Waals surface area contributed by atoms with E-state index in [1.165, 1.54) is 12.8 Å². The van der Waals surface area contributed by atoms with Crippen molar-refractivity contribution >= 4 is 6.71 Å². The van der Waals surface area contributed by atoms with Gasteiger partial charge >= 0.3 is 18.9 Å². The van der Waals surface area contributed by atoms with E-state index in [1.54, 1.807) is 0 Å². The van der Waals surface area contributed by atoms with Crippen LogP contribution in [0, 0.1) is 46.3 Å². The van der Waals surface area contributed by atoms with E-state index in [0.717, 1.165) is 35.5 Å². The van der Waals surface area contributed by atoms with Crippen molar-refractivity contribution in [2.75, 3.05) is 0 Å². The SMILES string of the molecule is C[BH-](C1=CC2CC(C1C)C2(C)C)C1=CC2CC(C1C)C2(C)C.[Li+]. The van der Waals surface area contributed by atoms with E-state index in [2.05, 4.69) is 60.5 Å².